The molecule has 1 heterocycles. The monoisotopic (exact) mass is 282 g/mol. The van der Waals surface area contributed by atoms with Gasteiger partial charge in [-0.25, -0.2) is 4.79 Å². The first-order valence-electron chi connectivity index (χ1n) is 7.68. The van der Waals surface area contributed by atoms with E-state index in [4.69, 9.17) is 5.73 Å². The van der Waals surface area contributed by atoms with Crippen LogP contribution in [-0.4, -0.2) is 61.0 Å². The molecule has 2 rings (SSSR count). The standard InChI is InChI=1S/C14H26N4O2/c15-14(20)16-10-13(19)18-8-6-17(7-9-18)11-12-4-2-1-3-5-12/h12H,1-11H2,(H3,15,16,20). The lowest BCUT2D eigenvalue weighted by molar-refractivity contribution is -0.131. The topological polar surface area (TPSA) is 78.7 Å². The summed E-state index contributed by atoms with van der Waals surface area (Å²) in [6.45, 7) is 4.59. The number of carbonyl (C=O) groups is 2. The Morgan fingerprint density at radius 2 is 1.70 bits per heavy atom. The Bertz CT molecular complexity index is 334. The van der Waals surface area contributed by atoms with Crippen LogP contribution in [0, 0.1) is 5.92 Å². The molecule has 1 aliphatic heterocycles. The number of hydrogen-bond donors (Lipinski definition) is 2. The minimum absolute atomic E-state index is 0.0119. The lowest BCUT2D eigenvalue weighted by Crippen LogP contribution is -2.52. The van der Waals surface area contributed by atoms with Crippen molar-refractivity contribution in [3.63, 3.8) is 0 Å². The van der Waals surface area contributed by atoms with E-state index in [1.165, 1.54) is 38.6 Å². The van der Waals surface area contributed by atoms with Crippen LogP contribution in [0.3, 0.4) is 0 Å². The summed E-state index contributed by atoms with van der Waals surface area (Å²) in [5.74, 6) is 0.809. The number of rotatable bonds is 4. The molecule has 0 radical (unpaired) electrons. The Labute approximate surface area is 120 Å². The first-order valence-corrected chi connectivity index (χ1v) is 7.68. The molecule has 114 valence electrons. The number of primary amides is 1. The maximum Gasteiger partial charge on any atom is 0.312 e. The van der Waals surface area contributed by atoms with Gasteiger partial charge in [-0.15, -0.1) is 0 Å². The molecule has 0 bridgehead atoms. The molecule has 1 saturated carbocycles. The van der Waals surface area contributed by atoms with Crippen molar-refractivity contribution in [1.82, 2.24) is 15.1 Å². The predicted octanol–water partition coefficient (Wildman–Crippen LogP) is 0.379. The summed E-state index contributed by atoms with van der Waals surface area (Å²) in [5, 5.41) is 2.35. The van der Waals surface area contributed by atoms with Crippen LogP contribution < -0.4 is 11.1 Å². The van der Waals surface area contributed by atoms with Crippen molar-refractivity contribution >= 4 is 11.9 Å². The third-order valence-electron chi connectivity index (χ3n) is 4.38. The Morgan fingerprint density at radius 1 is 1.05 bits per heavy atom. The van der Waals surface area contributed by atoms with E-state index in [-0.39, 0.29) is 12.5 Å². The van der Waals surface area contributed by atoms with Crippen LogP contribution >= 0.6 is 0 Å². The van der Waals surface area contributed by atoms with Crippen LogP contribution in [0.5, 0.6) is 0 Å². The van der Waals surface area contributed by atoms with Crippen molar-refractivity contribution in [2.24, 2.45) is 11.7 Å². The number of hydrogen-bond acceptors (Lipinski definition) is 3. The van der Waals surface area contributed by atoms with Gasteiger partial charge in [-0.05, 0) is 18.8 Å². The van der Waals surface area contributed by atoms with Crippen LogP contribution in [0.1, 0.15) is 32.1 Å². The molecular weight excluding hydrogens is 256 g/mol. The van der Waals surface area contributed by atoms with Crippen molar-refractivity contribution in [3.05, 3.63) is 0 Å². The van der Waals surface area contributed by atoms with E-state index in [2.05, 4.69) is 10.2 Å². The maximum absolute atomic E-state index is 11.8. The van der Waals surface area contributed by atoms with Gasteiger partial charge in [-0.3, -0.25) is 9.69 Å². The molecule has 2 fully saturated rings. The van der Waals surface area contributed by atoms with E-state index in [1.807, 2.05) is 4.90 Å². The highest BCUT2D eigenvalue weighted by atomic mass is 16.2. The predicted molar refractivity (Wildman–Crippen MR) is 77.2 cm³/mol. The third kappa shape index (κ3) is 4.67. The summed E-state index contributed by atoms with van der Waals surface area (Å²) in [4.78, 5) is 26.7. The SMILES string of the molecule is NC(=O)NCC(=O)N1CCN(CC2CCCCC2)CC1. The Hall–Kier alpha value is -1.30. The smallest absolute Gasteiger partial charge is 0.312 e. The molecule has 3 amide bonds. The summed E-state index contributed by atoms with van der Waals surface area (Å²) in [5.41, 5.74) is 4.97. The van der Waals surface area contributed by atoms with E-state index in [1.54, 1.807) is 0 Å². The van der Waals surface area contributed by atoms with Gasteiger partial charge >= 0.3 is 6.03 Å². The minimum atomic E-state index is -0.644. The fourth-order valence-electron chi connectivity index (χ4n) is 3.19. The molecule has 1 aliphatic carbocycles. The normalized spacial score (nSPS) is 21.7. The zero-order chi connectivity index (χ0) is 14.4. The van der Waals surface area contributed by atoms with Crippen molar-refractivity contribution in [2.45, 2.75) is 32.1 Å². The van der Waals surface area contributed by atoms with E-state index in [0.717, 1.165) is 32.1 Å². The molecular formula is C14H26N4O2. The van der Waals surface area contributed by atoms with Gasteiger partial charge in [0.1, 0.15) is 0 Å². The summed E-state index contributed by atoms with van der Waals surface area (Å²) >= 11 is 0. The molecule has 0 unspecified atom stereocenters. The summed E-state index contributed by atoms with van der Waals surface area (Å²) in [6, 6.07) is -0.644. The Balaban J connectivity index is 1.66. The maximum atomic E-state index is 11.8. The summed E-state index contributed by atoms with van der Waals surface area (Å²) in [7, 11) is 0. The number of carbonyl (C=O) groups excluding carboxylic acids is 2. The van der Waals surface area contributed by atoms with Gasteiger partial charge in [0.2, 0.25) is 5.91 Å². The van der Waals surface area contributed by atoms with Crippen LogP contribution in [-0.2, 0) is 4.79 Å². The molecule has 0 atom stereocenters. The van der Waals surface area contributed by atoms with Gasteiger partial charge < -0.3 is 16.0 Å². The van der Waals surface area contributed by atoms with Crippen LogP contribution in [0.2, 0.25) is 0 Å². The lowest BCUT2D eigenvalue weighted by Gasteiger charge is -2.37. The average molecular weight is 282 g/mol. The second kappa shape index (κ2) is 7.47. The van der Waals surface area contributed by atoms with Crippen LogP contribution in [0.25, 0.3) is 0 Å². The minimum Gasteiger partial charge on any atom is -0.352 e. The van der Waals surface area contributed by atoms with Crippen molar-refractivity contribution in [3.8, 4) is 0 Å². The fourth-order valence-corrected chi connectivity index (χ4v) is 3.19. The molecule has 3 N–H and O–H groups in total. The van der Waals surface area contributed by atoms with E-state index in [0.29, 0.717) is 0 Å². The summed E-state index contributed by atoms with van der Waals surface area (Å²) < 4.78 is 0. The van der Waals surface area contributed by atoms with Crippen LogP contribution in [0.4, 0.5) is 4.79 Å². The van der Waals surface area contributed by atoms with Crippen molar-refractivity contribution in [2.75, 3.05) is 39.3 Å². The zero-order valence-electron chi connectivity index (χ0n) is 12.1. The number of amides is 3. The van der Waals surface area contributed by atoms with Crippen molar-refractivity contribution < 1.29 is 9.59 Å². The second-order valence-electron chi connectivity index (χ2n) is 5.90. The van der Waals surface area contributed by atoms with Gasteiger partial charge in [-0.2, -0.15) is 0 Å². The second-order valence-corrected chi connectivity index (χ2v) is 5.90. The van der Waals surface area contributed by atoms with Gasteiger partial charge in [0.25, 0.3) is 0 Å². The molecule has 0 aromatic heterocycles. The first kappa shape index (κ1) is 15.1. The Morgan fingerprint density at radius 3 is 2.30 bits per heavy atom. The van der Waals surface area contributed by atoms with E-state index < -0.39 is 6.03 Å². The highest BCUT2D eigenvalue weighted by Crippen LogP contribution is 2.24. The molecule has 1 saturated heterocycles. The van der Waals surface area contributed by atoms with E-state index in [9.17, 15) is 9.59 Å². The largest absolute Gasteiger partial charge is 0.352 e. The van der Waals surface area contributed by atoms with Crippen molar-refractivity contribution in [1.29, 1.82) is 0 Å². The molecule has 6 nitrogen and oxygen atoms in total. The summed E-state index contributed by atoms with van der Waals surface area (Å²) in [6.07, 6.45) is 6.87. The number of nitrogens with zero attached hydrogens (tertiary/aromatic N) is 2. The lowest BCUT2D eigenvalue weighted by atomic mass is 9.89. The Kier molecular flexibility index (Phi) is 5.64. The van der Waals surface area contributed by atoms with Gasteiger partial charge in [0.15, 0.2) is 0 Å². The van der Waals surface area contributed by atoms with Gasteiger partial charge in [-0.1, -0.05) is 19.3 Å². The first-order chi connectivity index (χ1) is 9.65. The fraction of sp³-hybridized carbons (Fsp3) is 0.857. The highest BCUT2D eigenvalue weighted by molar-refractivity contribution is 5.83. The molecule has 0 spiro atoms. The molecule has 0 aromatic rings. The van der Waals surface area contributed by atoms with Crippen LogP contribution in [0.15, 0.2) is 0 Å². The highest BCUT2D eigenvalue weighted by Gasteiger charge is 2.23. The average Bonchev–Trinajstić information content (AvgIpc) is 2.46. The quantitative estimate of drug-likeness (QED) is 0.782. The van der Waals surface area contributed by atoms with Gasteiger partial charge in [0, 0.05) is 32.7 Å². The number of nitrogens with two attached hydrogens (primary N) is 1. The number of urea groups is 1. The molecule has 6 heteroatoms. The number of piperazine rings is 1. The molecule has 20 heavy (non-hydrogen) atoms. The zero-order valence-corrected chi connectivity index (χ0v) is 12.1. The van der Waals surface area contributed by atoms with Gasteiger partial charge in [0.05, 0.1) is 6.54 Å². The van der Waals surface area contributed by atoms with E-state index >= 15 is 0 Å². The molecule has 0 aromatic carbocycles. The number of nitrogens with one attached hydrogen (secondary N) is 1. The third-order valence-corrected chi connectivity index (χ3v) is 4.38. The molecule has 2 aliphatic rings.